The third-order valence-electron chi connectivity index (χ3n) is 3.49. The summed E-state index contributed by atoms with van der Waals surface area (Å²) in [5, 5.41) is 5.43. The van der Waals surface area contributed by atoms with Crippen molar-refractivity contribution in [3.8, 4) is 11.9 Å². The SMILES string of the molecule is CCOC(=O)/C(=C/Nc1cc(OC)nc(OC)n1)C(=O)Nc1ccc(C)cc1. The molecule has 9 nitrogen and oxygen atoms in total. The highest BCUT2D eigenvalue weighted by molar-refractivity contribution is 6.21. The summed E-state index contributed by atoms with van der Waals surface area (Å²) in [6.45, 7) is 3.72. The fraction of sp³-hybridized carbons (Fsp3) is 0.263. The number of rotatable bonds is 8. The average Bonchev–Trinajstić information content (AvgIpc) is 2.69. The van der Waals surface area contributed by atoms with Crippen LogP contribution in [0, 0.1) is 6.92 Å². The summed E-state index contributed by atoms with van der Waals surface area (Å²) < 4.78 is 15.0. The van der Waals surface area contributed by atoms with Crippen molar-refractivity contribution in [1.29, 1.82) is 0 Å². The van der Waals surface area contributed by atoms with E-state index in [0.29, 0.717) is 5.69 Å². The minimum atomic E-state index is -0.771. The number of anilines is 2. The highest BCUT2D eigenvalue weighted by atomic mass is 16.5. The van der Waals surface area contributed by atoms with E-state index in [9.17, 15) is 9.59 Å². The van der Waals surface area contributed by atoms with Crippen molar-refractivity contribution >= 4 is 23.4 Å². The second-order valence-electron chi connectivity index (χ2n) is 5.53. The summed E-state index contributed by atoms with van der Waals surface area (Å²) in [5.74, 6) is -0.867. The number of aromatic nitrogens is 2. The van der Waals surface area contributed by atoms with Crippen molar-refractivity contribution in [2.75, 3.05) is 31.5 Å². The van der Waals surface area contributed by atoms with E-state index in [4.69, 9.17) is 14.2 Å². The maximum Gasteiger partial charge on any atom is 0.345 e. The lowest BCUT2D eigenvalue weighted by molar-refractivity contribution is -0.139. The van der Waals surface area contributed by atoms with Crippen LogP contribution in [0.1, 0.15) is 12.5 Å². The Morgan fingerprint density at radius 1 is 1.11 bits per heavy atom. The number of aryl methyl sites for hydroxylation is 1. The van der Waals surface area contributed by atoms with Gasteiger partial charge in [-0.15, -0.1) is 0 Å². The molecule has 0 saturated heterocycles. The first kappa shape index (κ1) is 20.7. The highest BCUT2D eigenvalue weighted by Crippen LogP contribution is 2.18. The van der Waals surface area contributed by atoms with Gasteiger partial charge in [-0.2, -0.15) is 9.97 Å². The molecular formula is C19H22N4O5. The Kier molecular flexibility index (Phi) is 7.32. The fourth-order valence-electron chi connectivity index (χ4n) is 2.08. The quantitative estimate of drug-likeness (QED) is 0.308. The van der Waals surface area contributed by atoms with Crippen LogP contribution in [0.5, 0.6) is 11.9 Å². The van der Waals surface area contributed by atoms with Gasteiger partial charge in [0.25, 0.3) is 5.91 Å². The zero-order valence-electron chi connectivity index (χ0n) is 16.1. The van der Waals surface area contributed by atoms with Gasteiger partial charge < -0.3 is 24.8 Å². The lowest BCUT2D eigenvalue weighted by Crippen LogP contribution is -2.23. The maximum absolute atomic E-state index is 12.6. The Morgan fingerprint density at radius 2 is 1.82 bits per heavy atom. The summed E-state index contributed by atoms with van der Waals surface area (Å²) in [4.78, 5) is 32.9. The number of nitrogens with one attached hydrogen (secondary N) is 2. The van der Waals surface area contributed by atoms with Crippen molar-refractivity contribution in [1.82, 2.24) is 9.97 Å². The zero-order chi connectivity index (χ0) is 20.5. The third-order valence-corrected chi connectivity index (χ3v) is 3.49. The van der Waals surface area contributed by atoms with E-state index in [0.717, 1.165) is 5.56 Å². The molecule has 0 spiro atoms. The van der Waals surface area contributed by atoms with Gasteiger partial charge in [0.2, 0.25) is 5.88 Å². The first-order valence-electron chi connectivity index (χ1n) is 8.45. The smallest absolute Gasteiger partial charge is 0.345 e. The van der Waals surface area contributed by atoms with Crippen LogP contribution in [0.2, 0.25) is 0 Å². The van der Waals surface area contributed by atoms with E-state index < -0.39 is 11.9 Å². The van der Waals surface area contributed by atoms with Gasteiger partial charge in [-0.1, -0.05) is 17.7 Å². The molecule has 0 atom stereocenters. The van der Waals surface area contributed by atoms with Crippen molar-refractivity contribution < 1.29 is 23.8 Å². The second kappa shape index (κ2) is 9.91. The van der Waals surface area contributed by atoms with Crippen LogP contribution in [-0.4, -0.2) is 42.7 Å². The number of ether oxygens (including phenoxy) is 3. The number of hydrogen-bond donors (Lipinski definition) is 2. The molecule has 2 N–H and O–H groups in total. The van der Waals surface area contributed by atoms with Gasteiger partial charge in [0.1, 0.15) is 11.4 Å². The van der Waals surface area contributed by atoms with Gasteiger partial charge >= 0.3 is 12.0 Å². The van der Waals surface area contributed by atoms with Crippen molar-refractivity contribution in [3.05, 3.63) is 47.7 Å². The van der Waals surface area contributed by atoms with Gasteiger partial charge in [0.05, 0.1) is 20.8 Å². The average molecular weight is 386 g/mol. The molecule has 1 aromatic heterocycles. The Labute approximate surface area is 162 Å². The van der Waals surface area contributed by atoms with E-state index in [-0.39, 0.29) is 29.9 Å². The molecule has 0 unspecified atom stereocenters. The Hall–Kier alpha value is -3.62. The molecule has 0 fully saturated rings. The predicted octanol–water partition coefficient (Wildman–Crippen LogP) is 2.30. The number of esters is 1. The van der Waals surface area contributed by atoms with Crippen molar-refractivity contribution in [2.24, 2.45) is 0 Å². The van der Waals surface area contributed by atoms with E-state index in [1.165, 1.54) is 26.5 Å². The van der Waals surface area contributed by atoms with Gasteiger partial charge in [-0.25, -0.2) is 4.79 Å². The van der Waals surface area contributed by atoms with E-state index >= 15 is 0 Å². The van der Waals surface area contributed by atoms with Crippen molar-refractivity contribution in [3.63, 3.8) is 0 Å². The Bertz CT molecular complexity index is 843. The number of amides is 1. The van der Waals surface area contributed by atoms with E-state index in [1.807, 2.05) is 19.1 Å². The number of carbonyl (C=O) groups excluding carboxylic acids is 2. The van der Waals surface area contributed by atoms with Gasteiger partial charge in [0, 0.05) is 18.0 Å². The van der Waals surface area contributed by atoms with Crippen LogP contribution in [-0.2, 0) is 14.3 Å². The molecule has 9 heteroatoms. The van der Waals surface area contributed by atoms with Gasteiger partial charge in [-0.05, 0) is 26.0 Å². The zero-order valence-corrected chi connectivity index (χ0v) is 16.1. The topological polar surface area (TPSA) is 112 Å². The maximum atomic E-state index is 12.6. The summed E-state index contributed by atoms with van der Waals surface area (Å²) in [7, 11) is 2.86. The van der Waals surface area contributed by atoms with E-state index in [2.05, 4.69) is 20.6 Å². The monoisotopic (exact) mass is 386 g/mol. The number of methoxy groups -OCH3 is 2. The molecule has 1 amide bonds. The number of carbonyl (C=O) groups is 2. The minimum Gasteiger partial charge on any atom is -0.481 e. The molecule has 0 bridgehead atoms. The molecule has 1 aromatic carbocycles. The molecule has 0 aliphatic rings. The third kappa shape index (κ3) is 5.70. The number of hydrogen-bond acceptors (Lipinski definition) is 8. The first-order chi connectivity index (χ1) is 13.5. The molecule has 0 aliphatic carbocycles. The van der Waals surface area contributed by atoms with Crippen LogP contribution < -0.4 is 20.1 Å². The van der Waals surface area contributed by atoms with Crippen LogP contribution in [0.25, 0.3) is 0 Å². The summed E-state index contributed by atoms with van der Waals surface area (Å²) in [5.41, 5.74) is 1.38. The number of nitrogens with zero attached hydrogens (tertiary/aromatic N) is 2. The van der Waals surface area contributed by atoms with Crippen LogP contribution >= 0.6 is 0 Å². The Morgan fingerprint density at radius 3 is 2.43 bits per heavy atom. The molecule has 2 aromatic rings. The molecule has 1 heterocycles. The molecule has 148 valence electrons. The molecule has 0 radical (unpaired) electrons. The van der Waals surface area contributed by atoms with Crippen LogP contribution in [0.15, 0.2) is 42.1 Å². The molecule has 0 aliphatic heterocycles. The number of benzene rings is 1. The largest absolute Gasteiger partial charge is 0.481 e. The Balaban J connectivity index is 2.25. The van der Waals surface area contributed by atoms with Crippen LogP contribution in [0.4, 0.5) is 11.5 Å². The predicted molar refractivity (Wildman–Crippen MR) is 103 cm³/mol. The minimum absolute atomic E-state index is 0.0667. The van der Waals surface area contributed by atoms with E-state index in [1.54, 1.807) is 19.1 Å². The lowest BCUT2D eigenvalue weighted by atomic mass is 10.2. The van der Waals surface area contributed by atoms with Crippen LogP contribution in [0.3, 0.4) is 0 Å². The normalized spacial score (nSPS) is 10.8. The molecule has 28 heavy (non-hydrogen) atoms. The summed E-state index contributed by atoms with van der Waals surface area (Å²) in [6.07, 6.45) is 1.21. The highest BCUT2D eigenvalue weighted by Gasteiger charge is 2.20. The first-order valence-corrected chi connectivity index (χ1v) is 8.45. The second-order valence-corrected chi connectivity index (χ2v) is 5.53. The van der Waals surface area contributed by atoms with Gasteiger partial charge in [0.15, 0.2) is 0 Å². The fourth-order valence-corrected chi connectivity index (χ4v) is 2.08. The molecule has 0 saturated carbocycles. The molecule has 2 rings (SSSR count). The van der Waals surface area contributed by atoms with Crippen molar-refractivity contribution in [2.45, 2.75) is 13.8 Å². The summed E-state index contributed by atoms with van der Waals surface area (Å²) >= 11 is 0. The standard InChI is InChI=1S/C19H22N4O5/c1-5-28-18(25)14(17(24)21-13-8-6-12(2)7-9-13)11-20-15-10-16(26-3)23-19(22-15)27-4/h6-11H,5H2,1-4H3,(H,21,24)(H,20,22,23)/b14-11+. The van der Waals surface area contributed by atoms with Gasteiger partial charge in [-0.3, -0.25) is 4.79 Å². The molecular weight excluding hydrogens is 364 g/mol. The lowest BCUT2D eigenvalue weighted by Gasteiger charge is -2.10. The summed E-state index contributed by atoms with van der Waals surface area (Å²) in [6, 6.07) is 8.73.